The quantitative estimate of drug-likeness (QED) is 0.611. The molecule has 2 aromatic rings. The first-order chi connectivity index (χ1) is 4.79. The van der Waals surface area contributed by atoms with Gasteiger partial charge >= 0.3 is 5.95 Å². The van der Waals surface area contributed by atoms with Crippen molar-refractivity contribution in [1.29, 1.82) is 0 Å². The number of fused-ring (bicyclic) bond motifs is 1. The van der Waals surface area contributed by atoms with Gasteiger partial charge in [0, 0.05) is 0 Å². The molecule has 0 radical (unpaired) electrons. The van der Waals surface area contributed by atoms with Crippen LogP contribution < -0.4 is 0 Å². The first kappa shape index (κ1) is 5.61. The minimum Gasteiger partial charge on any atom is -0.480 e. The molecule has 0 aliphatic heterocycles. The number of rotatable bonds is 0. The third kappa shape index (κ3) is 0.537. The van der Waals surface area contributed by atoms with Crippen LogP contribution in [-0.4, -0.2) is 15.1 Å². The maximum absolute atomic E-state index is 8.87. The average molecular weight is 159 g/mol. The molecule has 0 atom stereocenters. The largest absolute Gasteiger partial charge is 0.480 e. The van der Waals surface area contributed by atoms with Crippen LogP contribution in [0, 0.1) is 0 Å². The monoisotopic (exact) mass is 158 g/mol. The molecule has 2 aromatic heterocycles. The molecule has 0 aliphatic carbocycles. The summed E-state index contributed by atoms with van der Waals surface area (Å²) in [6.45, 7) is 0. The molecule has 4 nitrogen and oxygen atoms in total. The Morgan fingerprint density at radius 3 is 3.20 bits per heavy atom. The standard InChI is InChI=1S/C5H3ClN2O2/c6-2-3-4(8-1-7-3)10-5(2)9/h1,9H,(H,7,8). The van der Waals surface area contributed by atoms with Gasteiger partial charge in [0.25, 0.3) is 0 Å². The summed E-state index contributed by atoms with van der Waals surface area (Å²) in [6, 6.07) is 0. The second-order valence-corrected chi connectivity index (χ2v) is 2.18. The molecule has 2 heterocycles. The van der Waals surface area contributed by atoms with Crippen molar-refractivity contribution in [3.05, 3.63) is 11.3 Å². The number of halogens is 1. The van der Waals surface area contributed by atoms with E-state index in [9.17, 15) is 0 Å². The number of hydrogen-bond acceptors (Lipinski definition) is 3. The summed E-state index contributed by atoms with van der Waals surface area (Å²) in [5.74, 6) is -0.295. The van der Waals surface area contributed by atoms with Crippen LogP contribution in [-0.2, 0) is 0 Å². The minimum atomic E-state index is -0.295. The van der Waals surface area contributed by atoms with Gasteiger partial charge in [0.15, 0.2) is 5.02 Å². The van der Waals surface area contributed by atoms with Crippen LogP contribution in [0.15, 0.2) is 10.7 Å². The lowest BCUT2D eigenvalue weighted by Crippen LogP contribution is -1.58. The van der Waals surface area contributed by atoms with Crippen LogP contribution in [0.1, 0.15) is 0 Å². The Hall–Kier alpha value is -1.16. The van der Waals surface area contributed by atoms with Crippen molar-refractivity contribution in [2.24, 2.45) is 0 Å². The molecule has 0 unspecified atom stereocenters. The van der Waals surface area contributed by atoms with Gasteiger partial charge in [-0.15, -0.1) is 0 Å². The number of hydrogen-bond donors (Lipinski definition) is 2. The van der Waals surface area contributed by atoms with E-state index in [2.05, 4.69) is 9.97 Å². The van der Waals surface area contributed by atoms with Crippen LogP contribution in [0.5, 0.6) is 5.95 Å². The van der Waals surface area contributed by atoms with E-state index in [1.165, 1.54) is 6.33 Å². The van der Waals surface area contributed by atoms with Gasteiger partial charge in [-0.25, -0.2) is 4.98 Å². The fourth-order valence-corrected chi connectivity index (χ4v) is 0.934. The van der Waals surface area contributed by atoms with E-state index in [1.807, 2.05) is 0 Å². The first-order valence-corrected chi connectivity index (χ1v) is 2.97. The molecule has 0 saturated carbocycles. The molecule has 0 bridgehead atoms. The Kier molecular flexibility index (Phi) is 0.935. The minimum absolute atomic E-state index is 0.174. The molecule has 0 spiro atoms. The van der Waals surface area contributed by atoms with Crippen LogP contribution in [0.2, 0.25) is 5.02 Å². The van der Waals surface area contributed by atoms with Gasteiger partial charge < -0.3 is 14.5 Å². The fraction of sp³-hybridized carbons (Fsp3) is 0. The normalized spacial score (nSPS) is 10.9. The highest BCUT2D eigenvalue weighted by Gasteiger charge is 2.11. The Bertz CT molecular complexity index is 364. The number of aromatic nitrogens is 2. The predicted octanol–water partition coefficient (Wildman–Crippen LogP) is 1.51. The molecule has 0 aromatic carbocycles. The van der Waals surface area contributed by atoms with Crippen molar-refractivity contribution >= 4 is 22.8 Å². The molecular formula is C5H3ClN2O2. The van der Waals surface area contributed by atoms with E-state index in [0.29, 0.717) is 11.2 Å². The third-order valence-corrected chi connectivity index (χ3v) is 1.56. The zero-order chi connectivity index (χ0) is 7.14. The number of H-pyrrole nitrogens is 1. The highest BCUT2D eigenvalue weighted by Crippen LogP contribution is 2.32. The number of nitrogens with one attached hydrogen (secondary N) is 1. The molecule has 0 amide bonds. The summed E-state index contributed by atoms with van der Waals surface area (Å²) >= 11 is 5.57. The average Bonchev–Trinajstić information content (AvgIpc) is 2.41. The fourth-order valence-electron chi connectivity index (χ4n) is 0.760. The SMILES string of the molecule is Oc1oc2nc[nH]c2c1Cl. The Labute approximate surface area is 60.4 Å². The van der Waals surface area contributed by atoms with E-state index in [4.69, 9.17) is 21.1 Å². The van der Waals surface area contributed by atoms with Gasteiger partial charge in [-0.2, -0.15) is 0 Å². The summed E-state index contributed by atoms with van der Waals surface area (Å²) in [6.07, 6.45) is 1.44. The van der Waals surface area contributed by atoms with E-state index in [0.717, 1.165) is 0 Å². The van der Waals surface area contributed by atoms with Crippen LogP contribution in [0.4, 0.5) is 0 Å². The van der Waals surface area contributed by atoms with Crippen molar-refractivity contribution in [2.75, 3.05) is 0 Å². The lowest BCUT2D eigenvalue weighted by atomic mass is 10.5. The van der Waals surface area contributed by atoms with E-state index < -0.39 is 0 Å². The van der Waals surface area contributed by atoms with Gasteiger partial charge in [0.2, 0.25) is 5.71 Å². The van der Waals surface area contributed by atoms with Crippen molar-refractivity contribution in [2.45, 2.75) is 0 Å². The van der Waals surface area contributed by atoms with Crippen molar-refractivity contribution in [3.8, 4) is 5.95 Å². The summed E-state index contributed by atoms with van der Waals surface area (Å²) in [5.41, 5.74) is 0.849. The molecule has 2 rings (SSSR count). The lowest BCUT2D eigenvalue weighted by molar-refractivity contribution is 0.344. The molecule has 10 heavy (non-hydrogen) atoms. The summed E-state index contributed by atoms with van der Waals surface area (Å²) in [4.78, 5) is 6.45. The van der Waals surface area contributed by atoms with Gasteiger partial charge in [0.1, 0.15) is 5.52 Å². The highest BCUT2D eigenvalue weighted by atomic mass is 35.5. The highest BCUT2D eigenvalue weighted by molar-refractivity contribution is 6.36. The van der Waals surface area contributed by atoms with E-state index >= 15 is 0 Å². The molecule has 0 aliphatic rings. The lowest BCUT2D eigenvalue weighted by Gasteiger charge is -1.78. The molecule has 0 saturated heterocycles. The zero-order valence-corrected chi connectivity index (χ0v) is 5.51. The Morgan fingerprint density at radius 2 is 2.50 bits per heavy atom. The van der Waals surface area contributed by atoms with E-state index in [1.54, 1.807) is 0 Å². The second kappa shape index (κ2) is 1.67. The number of imidazole rings is 1. The predicted molar refractivity (Wildman–Crippen MR) is 35.0 cm³/mol. The van der Waals surface area contributed by atoms with Gasteiger partial charge in [0.05, 0.1) is 6.33 Å². The molecule has 5 heteroatoms. The maximum atomic E-state index is 8.87. The van der Waals surface area contributed by atoms with Crippen LogP contribution in [0.3, 0.4) is 0 Å². The zero-order valence-electron chi connectivity index (χ0n) is 4.76. The molecule has 52 valence electrons. The smallest absolute Gasteiger partial charge is 0.305 e. The van der Waals surface area contributed by atoms with Crippen LogP contribution >= 0.6 is 11.6 Å². The Balaban J connectivity index is 2.95. The maximum Gasteiger partial charge on any atom is 0.305 e. The number of aromatic hydroxyl groups is 1. The second-order valence-electron chi connectivity index (χ2n) is 1.80. The molecule has 0 fully saturated rings. The number of nitrogens with zero attached hydrogens (tertiary/aromatic N) is 1. The number of furan rings is 1. The third-order valence-electron chi connectivity index (χ3n) is 1.21. The molecule has 2 N–H and O–H groups in total. The van der Waals surface area contributed by atoms with Crippen molar-refractivity contribution in [3.63, 3.8) is 0 Å². The van der Waals surface area contributed by atoms with Gasteiger partial charge in [-0.05, 0) is 0 Å². The first-order valence-electron chi connectivity index (χ1n) is 2.59. The van der Waals surface area contributed by atoms with Crippen molar-refractivity contribution in [1.82, 2.24) is 9.97 Å². The van der Waals surface area contributed by atoms with Gasteiger partial charge in [-0.3, -0.25) is 0 Å². The summed E-state index contributed by atoms with van der Waals surface area (Å²) in [5, 5.41) is 9.05. The van der Waals surface area contributed by atoms with Crippen molar-refractivity contribution < 1.29 is 9.52 Å². The number of aromatic amines is 1. The summed E-state index contributed by atoms with van der Waals surface area (Å²) < 4.78 is 4.72. The van der Waals surface area contributed by atoms with Crippen LogP contribution in [0.25, 0.3) is 11.2 Å². The Morgan fingerprint density at radius 1 is 1.70 bits per heavy atom. The van der Waals surface area contributed by atoms with E-state index in [-0.39, 0.29) is 11.0 Å². The summed E-state index contributed by atoms with van der Waals surface area (Å²) in [7, 11) is 0. The van der Waals surface area contributed by atoms with Gasteiger partial charge in [-0.1, -0.05) is 11.6 Å². The molecular weight excluding hydrogens is 156 g/mol. The topological polar surface area (TPSA) is 62.1 Å².